The van der Waals surface area contributed by atoms with E-state index in [2.05, 4.69) is 17.2 Å². The number of amides is 4. The Labute approximate surface area is 201 Å². The quantitative estimate of drug-likeness (QED) is 0.408. The lowest BCUT2D eigenvalue weighted by atomic mass is 9.91. The van der Waals surface area contributed by atoms with Gasteiger partial charge in [0.1, 0.15) is 6.04 Å². The summed E-state index contributed by atoms with van der Waals surface area (Å²) in [5.41, 5.74) is -0.910. The molecule has 3 rings (SSSR count). The van der Waals surface area contributed by atoms with E-state index < -0.39 is 41.7 Å². The first-order valence-corrected chi connectivity index (χ1v) is 11.2. The van der Waals surface area contributed by atoms with Crippen LogP contribution in [0.25, 0.3) is 0 Å². The maximum atomic E-state index is 13.8. The number of urea groups is 1. The average Bonchev–Trinajstić information content (AvgIpc) is 3.11. The van der Waals surface area contributed by atoms with Crippen LogP contribution in [0.3, 0.4) is 0 Å². The highest BCUT2D eigenvalue weighted by Gasteiger charge is 2.49. The Balaban J connectivity index is 2.07. The minimum Gasteiger partial charge on any atom is -0.383 e. The van der Waals surface area contributed by atoms with E-state index in [9.17, 15) is 27.6 Å². The lowest BCUT2D eigenvalue weighted by molar-refractivity contribution is -0.139. The Morgan fingerprint density at radius 2 is 2.00 bits per heavy atom. The SMILES string of the molecule is C=CCN1C(=O)N[C@@H](c2ccccc2C(F)(F)F)C2=C1CN([C@@H](C(=O)NCCOC)C(C)C)C2=O. The summed E-state index contributed by atoms with van der Waals surface area (Å²) in [5, 5.41) is 5.28. The Morgan fingerprint density at radius 1 is 1.31 bits per heavy atom. The maximum Gasteiger partial charge on any atom is 0.416 e. The van der Waals surface area contributed by atoms with E-state index in [4.69, 9.17) is 4.74 Å². The molecule has 0 unspecified atom stereocenters. The fourth-order valence-electron chi connectivity index (χ4n) is 4.49. The monoisotopic (exact) mass is 494 g/mol. The summed E-state index contributed by atoms with van der Waals surface area (Å²) in [6, 6.07) is 1.96. The number of methoxy groups -OCH3 is 1. The highest BCUT2D eigenvalue weighted by molar-refractivity contribution is 6.03. The van der Waals surface area contributed by atoms with Crippen LogP contribution in [0.15, 0.2) is 48.2 Å². The predicted molar refractivity (Wildman–Crippen MR) is 122 cm³/mol. The molecule has 1 aromatic rings. The molecule has 0 aromatic heterocycles. The van der Waals surface area contributed by atoms with Crippen LogP contribution in [0.1, 0.15) is 31.0 Å². The fraction of sp³-hybridized carbons (Fsp3) is 0.458. The van der Waals surface area contributed by atoms with Gasteiger partial charge in [-0.3, -0.25) is 14.5 Å². The molecule has 8 nitrogen and oxygen atoms in total. The highest BCUT2D eigenvalue weighted by Crippen LogP contribution is 2.42. The molecule has 1 aromatic carbocycles. The number of carbonyl (C=O) groups is 3. The van der Waals surface area contributed by atoms with Crippen molar-refractivity contribution < 1.29 is 32.3 Å². The number of rotatable bonds is 9. The van der Waals surface area contributed by atoms with Crippen LogP contribution in [0, 0.1) is 5.92 Å². The number of hydrogen-bond acceptors (Lipinski definition) is 4. The van der Waals surface area contributed by atoms with Gasteiger partial charge in [0, 0.05) is 20.2 Å². The molecular formula is C24H29F3N4O4. The number of alkyl halides is 3. The van der Waals surface area contributed by atoms with Gasteiger partial charge in [0.25, 0.3) is 5.91 Å². The number of nitrogens with one attached hydrogen (secondary N) is 2. The first-order valence-electron chi connectivity index (χ1n) is 11.2. The van der Waals surface area contributed by atoms with Gasteiger partial charge in [0.05, 0.1) is 36.0 Å². The zero-order valence-electron chi connectivity index (χ0n) is 19.8. The van der Waals surface area contributed by atoms with Gasteiger partial charge in [-0.15, -0.1) is 6.58 Å². The van der Waals surface area contributed by atoms with Crippen LogP contribution in [0.2, 0.25) is 0 Å². The summed E-state index contributed by atoms with van der Waals surface area (Å²) in [4.78, 5) is 42.2. The largest absolute Gasteiger partial charge is 0.416 e. The van der Waals surface area contributed by atoms with Gasteiger partial charge >= 0.3 is 12.2 Å². The molecule has 0 fully saturated rings. The van der Waals surface area contributed by atoms with Crippen molar-refractivity contribution in [2.24, 2.45) is 5.92 Å². The third-order valence-electron chi connectivity index (χ3n) is 5.98. The van der Waals surface area contributed by atoms with Crippen molar-refractivity contribution in [1.82, 2.24) is 20.4 Å². The molecule has 0 radical (unpaired) electrons. The molecule has 4 amide bonds. The van der Waals surface area contributed by atoms with Crippen LogP contribution in [0.5, 0.6) is 0 Å². The molecule has 2 atom stereocenters. The van der Waals surface area contributed by atoms with Gasteiger partial charge in [-0.2, -0.15) is 13.2 Å². The second-order valence-corrected chi connectivity index (χ2v) is 8.63. The topological polar surface area (TPSA) is 91.0 Å². The summed E-state index contributed by atoms with van der Waals surface area (Å²) in [6.07, 6.45) is -3.23. The Bertz CT molecular complexity index is 1040. The summed E-state index contributed by atoms with van der Waals surface area (Å²) < 4.78 is 46.3. The van der Waals surface area contributed by atoms with Crippen molar-refractivity contribution in [3.63, 3.8) is 0 Å². The highest BCUT2D eigenvalue weighted by atomic mass is 19.4. The van der Waals surface area contributed by atoms with E-state index in [1.54, 1.807) is 13.8 Å². The van der Waals surface area contributed by atoms with E-state index in [1.807, 2.05) is 0 Å². The van der Waals surface area contributed by atoms with Crippen molar-refractivity contribution >= 4 is 17.8 Å². The van der Waals surface area contributed by atoms with Gasteiger partial charge in [0.2, 0.25) is 5.91 Å². The van der Waals surface area contributed by atoms with Gasteiger partial charge in [-0.1, -0.05) is 38.1 Å². The Kier molecular flexibility index (Phi) is 7.89. The Morgan fingerprint density at radius 3 is 2.60 bits per heavy atom. The molecule has 2 N–H and O–H groups in total. The van der Waals surface area contributed by atoms with Gasteiger partial charge < -0.3 is 20.3 Å². The van der Waals surface area contributed by atoms with Gasteiger partial charge in [0.15, 0.2) is 0 Å². The van der Waals surface area contributed by atoms with Crippen molar-refractivity contribution in [2.75, 3.05) is 33.4 Å². The smallest absolute Gasteiger partial charge is 0.383 e. The summed E-state index contributed by atoms with van der Waals surface area (Å²) in [7, 11) is 1.49. The minimum atomic E-state index is -4.69. The molecule has 0 bridgehead atoms. The summed E-state index contributed by atoms with van der Waals surface area (Å²) >= 11 is 0. The van der Waals surface area contributed by atoms with Crippen molar-refractivity contribution in [1.29, 1.82) is 0 Å². The standard InChI is InChI=1S/C24H29F3N4O4/c1-5-11-30-17-13-31(20(14(2)3)21(32)28-10-12-35-4)22(33)18(17)19(29-23(30)34)15-8-6-7-9-16(15)24(25,26)27/h5-9,14,19-20H,1,10-13H2,2-4H3,(H,28,32)(H,29,34)/t19-,20+/m0/s1. The minimum absolute atomic E-state index is 0.0125. The van der Waals surface area contributed by atoms with Crippen molar-refractivity contribution in [3.8, 4) is 0 Å². The van der Waals surface area contributed by atoms with Crippen LogP contribution in [-0.2, 0) is 20.5 Å². The zero-order valence-corrected chi connectivity index (χ0v) is 19.8. The third-order valence-corrected chi connectivity index (χ3v) is 5.98. The van der Waals surface area contributed by atoms with Crippen LogP contribution >= 0.6 is 0 Å². The lowest BCUT2D eigenvalue weighted by Crippen LogP contribution is -2.52. The molecule has 11 heteroatoms. The molecule has 2 aliphatic heterocycles. The second kappa shape index (κ2) is 10.5. The van der Waals surface area contributed by atoms with E-state index in [-0.39, 0.29) is 49.0 Å². The molecule has 0 aliphatic carbocycles. The maximum absolute atomic E-state index is 13.8. The molecule has 0 saturated carbocycles. The lowest BCUT2D eigenvalue weighted by Gasteiger charge is -2.33. The Hall–Kier alpha value is -3.34. The zero-order chi connectivity index (χ0) is 25.9. The normalized spacial score (nSPS) is 19.1. The van der Waals surface area contributed by atoms with Crippen molar-refractivity contribution in [2.45, 2.75) is 32.1 Å². The number of carbonyl (C=O) groups excluding carboxylic acids is 3. The van der Waals surface area contributed by atoms with Crippen LogP contribution in [0.4, 0.5) is 18.0 Å². The molecule has 2 aliphatic rings. The number of hydrogen-bond donors (Lipinski definition) is 2. The average molecular weight is 495 g/mol. The van der Waals surface area contributed by atoms with E-state index in [1.165, 1.54) is 41.2 Å². The number of halogens is 3. The van der Waals surface area contributed by atoms with E-state index in [0.717, 1.165) is 6.07 Å². The predicted octanol–water partition coefficient (Wildman–Crippen LogP) is 2.84. The fourth-order valence-corrected chi connectivity index (χ4v) is 4.49. The van der Waals surface area contributed by atoms with E-state index >= 15 is 0 Å². The first kappa shape index (κ1) is 26.3. The van der Waals surface area contributed by atoms with E-state index in [0.29, 0.717) is 0 Å². The number of nitrogens with zero attached hydrogens (tertiary/aromatic N) is 2. The molecule has 190 valence electrons. The molecule has 2 heterocycles. The third kappa shape index (κ3) is 5.19. The molecule has 35 heavy (non-hydrogen) atoms. The summed E-state index contributed by atoms with van der Waals surface area (Å²) in [5.74, 6) is -1.32. The van der Waals surface area contributed by atoms with Gasteiger partial charge in [-0.25, -0.2) is 4.79 Å². The summed E-state index contributed by atoms with van der Waals surface area (Å²) in [6.45, 7) is 7.64. The first-order chi connectivity index (χ1) is 16.5. The van der Waals surface area contributed by atoms with Gasteiger partial charge in [-0.05, 0) is 17.5 Å². The molecular weight excluding hydrogens is 465 g/mol. The van der Waals surface area contributed by atoms with Crippen LogP contribution in [-0.4, -0.2) is 67.0 Å². The number of ether oxygens (including phenoxy) is 1. The molecule has 0 saturated heterocycles. The number of benzene rings is 1. The second-order valence-electron chi connectivity index (χ2n) is 8.63. The van der Waals surface area contributed by atoms with Crippen molar-refractivity contribution in [3.05, 3.63) is 59.3 Å². The van der Waals surface area contributed by atoms with Crippen LogP contribution < -0.4 is 10.6 Å². The molecule has 0 spiro atoms.